The maximum Gasteiger partial charge on any atom is 0.394 e. The maximum atomic E-state index is 13.3. The molecule has 5 heteroatoms. The lowest BCUT2D eigenvalue weighted by Gasteiger charge is -2.42. The highest BCUT2D eigenvalue weighted by atomic mass is 35.5. The molecule has 1 aliphatic heterocycles. The SMILES string of the molecule is FC(F)(F)[C@H]1CCc2cc(Cl)ccc2[C@@]12CCCO2. The first kappa shape index (κ1) is 13.3. The van der Waals surface area contributed by atoms with Gasteiger partial charge in [0.15, 0.2) is 0 Å². The van der Waals surface area contributed by atoms with E-state index in [1.165, 1.54) is 0 Å². The molecule has 0 N–H and O–H groups in total. The van der Waals surface area contributed by atoms with Crippen LogP contribution in [0.25, 0.3) is 0 Å². The summed E-state index contributed by atoms with van der Waals surface area (Å²) in [6.07, 6.45) is -2.62. The van der Waals surface area contributed by atoms with Crippen molar-refractivity contribution in [1.29, 1.82) is 0 Å². The van der Waals surface area contributed by atoms with Crippen molar-refractivity contribution in [3.8, 4) is 0 Å². The van der Waals surface area contributed by atoms with Crippen LogP contribution in [0, 0.1) is 5.92 Å². The molecule has 1 spiro atoms. The Labute approximate surface area is 114 Å². The second kappa shape index (κ2) is 4.38. The molecule has 0 unspecified atom stereocenters. The first-order chi connectivity index (χ1) is 8.93. The molecule has 1 fully saturated rings. The van der Waals surface area contributed by atoms with Crippen molar-refractivity contribution in [2.75, 3.05) is 6.61 Å². The van der Waals surface area contributed by atoms with Gasteiger partial charge in [-0.25, -0.2) is 0 Å². The van der Waals surface area contributed by atoms with Gasteiger partial charge in [0.2, 0.25) is 0 Å². The van der Waals surface area contributed by atoms with E-state index in [1.54, 1.807) is 18.2 Å². The smallest absolute Gasteiger partial charge is 0.370 e. The summed E-state index contributed by atoms with van der Waals surface area (Å²) >= 11 is 5.94. The number of benzene rings is 1. The minimum absolute atomic E-state index is 0.0802. The van der Waals surface area contributed by atoms with Crippen LogP contribution in [-0.2, 0) is 16.8 Å². The highest BCUT2D eigenvalue weighted by Crippen LogP contribution is 2.54. The highest BCUT2D eigenvalue weighted by Gasteiger charge is 2.58. The lowest BCUT2D eigenvalue weighted by molar-refractivity contribution is -0.237. The Balaban J connectivity index is 2.13. The van der Waals surface area contributed by atoms with Crippen molar-refractivity contribution in [3.05, 3.63) is 34.3 Å². The molecule has 0 saturated carbocycles. The molecule has 19 heavy (non-hydrogen) atoms. The molecule has 1 saturated heterocycles. The van der Waals surface area contributed by atoms with Crippen molar-refractivity contribution in [3.63, 3.8) is 0 Å². The van der Waals surface area contributed by atoms with Crippen LogP contribution in [0.2, 0.25) is 5.02 Å². The van der Waals surface area contributed by atoms with Crippen molar-refractivity contribution < 1.29 is 17.9 Å². The molecule has 1 heterocycles. The first-order valence-corrected chi connectivity index (χ1v) is 6.81. The fourth-order valence-electron chi connectivity index (χ4n) is 3.48. The molecule has 1 nitrogen and oxygen atoms in total. The third-order valence-corrected chi connectivity index (χ3v) is 4.47. The second-order valence-electron chi connectivity index (χ2n) is 5.28. The Kier molecular flexibility index (Phi) is 3.06. The van der Waals surface area contributed by atoms with Gasteiger partial charge in [-0.2, -0.15) is 13.2 Å². The molecule has 1 aliphatic carbocycles. The van der Waals surface area contributed by atoms with Crippen molar-refractivity contribution >= 4 is 11.6 Å². The van der Waals surface area contributed by atoms with Crippen molar-refractivity contribution in [2.45, 2.75) is 37.5 Å². The number of hydrogen-bond donors (Lipinski definition) is 0. The normalized spacial score (nSPS) is 30.6. The molecule has 104 valence electrons. The Bertz CT molecular complexity index is 492. The van der Waals surface area contributed by atoms with Gasteiger partial charge in [0.25, 0.3) is 0 Å². The van der Waals surface area contributed by atoms with Crippen molar-refractivity contribution in [1.82, 2.24) is 0 Å². The molecule has 0 amide bonds. The zero-order valence-electron chi connectivity index (χ0n) is 10.3. The monoisotopic (exact) mass is 290 g/mol. The van der Waals surface area contributed by atoms with Gasteiger partial charge >= 0.3 is 6.18 Å². The maximum absolute atomic E-state index is 13.3. The first-order valence-electron chi connectivity index (χ1n) is 6.43. The van der Waals surface area contributed by atoms with E-state index in [4.69, 9.17) is 16.3 Å². The molecular formula is C14H14ClF3O. The summed E-state index contributed by atoms with van der Waals surface area (Å²) in [5, 5.41) is 0.567. The fourth-order valence-corrected chi connectivity index (χ4v) is 3.67. The van der Waals surface area contributed by atoms with Crippen LogP contribution in [-0.4, -0.2) is 12.8 Å². The predicted molar refractivity (Wildman–Crippen MR) is 66.2 cm³/mol. The number of halogens is 4. The van der Waals surface area contributed by atoms with E-state index >= 15 is 0 Å². The largest absolute Gasteiger partial charge is 0.394 e. The van der Waals surface area contributed by atoms with Crippen molar-refractivity contribution in [2.24, 2.45) is 5.92 Å². The Morgan fingerprint density at radius 3 is 2.74 bits per heavy atom. The molecule has 2 atom stereocenters. The van der Waals surface area contributed by atoms with E-state index in [9.17, 15) is 13.2 Å². The van der Waals surface area contributed by atoms with E-state index in [1.807, 2.05) is 0 Å². The standard InChI is InChI=1S/C14H14ClF3O/c15-10-3-4-11-9(8-10)2-5-12(14(16,17)18)13(11)6-1-7-19-13/h3-4,8,12H,1-2,5-7H2/t12-,13-/m0/s1. The highest BCUT2D eigenvalue weighted by molar-refractivity contribution is 6.30. The minimum atomic E-state index is -4.22. The zero-order valence-corrected chi connectivity index (χ0v) is 11.0. The summed E-state index contributed by atoms with van der Waals surface area (Å²) in [4.78, 5) is 0. The van der Waals surface area contributed by atoms with Crippen LogP contribution < -0.4 is 0 Å². The van der Waals surface area contributed by atoms with E-state index < -0.39 is 17.7 Å². The molecule has 0 radical (unpaired) electrons. The molecule has 1 aromatic carbocycles. The number of aryl methyl sites for hydroxylation is 1. The zero-order chi connectivity index (χ0) is 13.7. The van der Waals surface area contributed by atoms with E-state index in [0.717, 1.165) is 5.56 Å². The summed E-state index contributed by atoms with van der Waals surface area (Å²) in [7, 11) is 0. The van der Waals surface area contributed by atoms with Crippen LogP contribution in [0.5, 0.6) is 0 Å². The summed E-state index contributed by atoms with van der Waals surface area (Å²) < 4.78 is 45.5. The van der Waals surface area contributed by atoms with Crippen LogP contribution in [0.1, 0.15) is 30.4 Å². The topological polar surface area (TPSA) is 9.23 Å². The summed E-state index contributed by atoms with van der Waals surface area (Å²) in [6, 6.07) is 5.14. The van der Waals surface area contributed by atoms with Gasteiger partial charge in [-0.05, 0) is 48.9 Å². The Morgan fingerprint density at radius 1 is 1.32 bits per heavy atom. The molecule has 1 aromatic rings. The fraction of sp³-hybridized carbons (Fsp3) is 0.571. The Hall–Kier alpha value is -0.740. The molecule has 0 bridgehead atoms. The van der Waals surface area contributed by atoms with E-state index in [-0.39, 0.29) is 6.42 Å². The van der Waals surface area contributed by atoms with Gasteiger partial charge in [0, 0.05) is 11.6 Å². The predicted octanol–water partition coefficient (Wildman–Crippen LogP) is 4.47. The van der Waals surface area contributed by atoms with Gasteiger partial charge in [0.05, 0.1) is 5.92 Å². The number of hydrogen-bond acceptors (Lipinski definition) is 1. The number of fused-ring (bicyclic) bond motifs is 2. The molecule has 3 rings (SSSR count). The van der Waals surface area contributed by atoms with Crippen LogP contribution in [0.3, 0.4) is 0 Å². The van der Waals surface area contributed by atoms with Crippen LogP contribution in [0.4, 0.5) is 13.2 Å². The van der Waals surface area contributed by atoms with Crippen LogP contribution in [0.15, 0.2) is 18.2 Å². The quantitative estimate of drug-likeness (QED) is 0.685. The molecule has 2 aliphatic rings. The average molecular weight is 291 g/mol. The lowest BCUT2D eigenvalue weighted by atomic mass is 9.70. The third kappa shape index (κ3) is 2.05. The van der Waals surface area contributed by atoms with Gasteiger partial charge < -0.3 is 4.74 Å². The molecule has 0 aromatic heterocycles. The van der Waals surface area contributed by atoms with Crippen LogP contribution >= 0.6 is 11.6 Å². The molecular weight excluding hydrogens is 277 g/mol. The number of alkyl halides is 3. The average Bonchev–Trinajstić information content (AvgIpc) is 2.77. The third-order valence-electron chi connectivity index (χ3n) is 4.24. The van der Waals surface area contributed by atoms with Gasteiger partial charge in [-0.1, -0.05) is 17.7 Å². The second-order valence-corrected chi connectivity index (χ2v) is 5.71. The summed E-state index contributed by atoms with van der Waals surface area (Å²) in [5.74, 6) is -1.41. The Morgan fingerprint density at radius 2 is 2.11 bits per heavy atom. The van der Waals surface area contributed by atoms with E-state index in [2.05, 4.69) is 0 Å². The van der Waals surface area contributed by atoms with Gasteiger partial charge in [0.1, 0.15) is 5.60 Å². The van der Waals surface area contributed by atoms with Gasteiger partial charge in [-0.3, -0.25) is 0 Å². The van der Waals surface area contributed by atoms with Gasteiger partial charge in [-0.15, -0.1) is 0 Å². The lowest BCUT2D eigenvalue weighted by Crippen LogP contribution is -2.46. The summed E-state index contributed by atoms with van der Waals surface area (Å²) in [6.45, 7) is 0.397. The minimum Gasteiger partial charge on any atom is -0.370 e. The number of ether oxygens (including phenoxy) is 1. The number of rotatable bonds is 0. The summed E-state index contributed by atoms with van der Waals surface area (Å²) in [5.41, 5.74) is 0.397. The van der Waals surface area contributed by atoms with E-state index in [0.29, 0.717) is 36.5 Å².